The van der Waals surface area contributed by atoms with Crippen LogP contribution in [0.15, 0.2) is 48.5 Å². The summed E-state index contributed by atoms with van der Waals surface area (Å²) in [5, 5.41) is 7.36. The molecule has 1 aliphatic rings. The highest BCUT2D eigenvalue weighted by Crippen LogP contribution is 2.45. The molecule has 0 aliphatic carbocycles. The van der Waals surface area contributed by atoms with Gasteiger partial charge in [0.1, 0.15) is 12.1 Å². The summed E-state index contributed by atoms with van der Waals surface area (Å²) in [6.07, 6.45) is -4.04. The average molecular weight is 468 g/mol. The van der Waals surface area contributed by atoms with Crippen molar-refractivity contribution in [3.63, 3.8) is 0 Å². The third-order valence-electron chi connectivity index (χ3n) is 5.32. The second-order valence-corrected chi connectivity index (χ2v) is 7.21. The number of rotatable bonds is 5. The van der Waals surface area contributed by atoms with E-state index in [1.165, 1.54) is 14.2 Å². The van der Waals surface area contributed by atoms with E-state index in [0.29, 0.717) is 40.2 Å². The number of ether oxygens (including phenoxy) is 2. The fourth-order valence-electron chi connectivity index (χ4n) is 3.77. The predicted octanol–water partition coefficient (Wildman–Crippen LogP) is 5.46. The second kappa shape index (κ2) is 9.12. The fourth-order valence-corrected chi connectivity index (χ4v) is 3.77. The molecule has 10 heteroatoms. The van der Waals surface area contributed by atoms with Crippen molar-refractivity contribution in [2.45, 2.75) is 24.7 Å². The maximum absolute atomic E-state index is 13.9. The van der Waals surface area contributed by atoms with E-state index in [9.17, 15) is 18.0 Å². The Labute approximate surface area is 188 Å². The molecule has 0 saturated carbocycles. The van der Waals surface area contributed by atoms with Gasteiger partial charge >= 0.3 is 6.18 Å². The van der Waals surface area contributed by atoms with Gasteiger partial charge in [0.15, 0.2) is 17.5 Å². The molecule has 32 heavy (non-hydrogen) atoms. The van der Waals surface area contributed by atoms with Crippen LogP contribution in [0.3, 0.4) is 0 Å². The van der Waals surface area contributed by atoms with Crippen LogP contribution < -0.4 is 14.8 Å². The van der Waals surface area contributed by atoms with E-state index in [1.807, 2.05) is 0 Å². The third-order valence-corrected chi connectivity index (χ3v) is 5.32. The van der Waals surface area contributed by atoms with Crippen LogP contribution in [0.1, 0.15) is 34.4 Å². The fraction of sp³-hybridized carbons (Fsp3) is 0.273. The van der Waals surface area contributed by atoms with Crippen LogP contribution in [0.5, 0.6) is 11.5 Å². The molecule has 6 nitrogen and oxygen atoms in total. The molecule has 2 unspecified atom stereocenters. The molecular formula is C22H21ClF3N3O3. The number of nitrogens with zero attached hydrogens (tertiary/aromatic N) is 2. The molecule has 3 aromatic rings. The zero-order valence-electron chi connectivity index (χ0n) is 17.2. The van der Waals surface area contributed by atoms with E-state index in [0.717, 1.165) is 4.68 Å². The Hall–Kier alpha value is -3.20. The number of carbonyl (C=O) groups is 1. The number of carbonyl (C=O) groups excluding carboxylic acids is 1. The minimum Gasteiger partial charge on any atom is -0.493 e. The van der Waals surface area contributed by atoms with Crippen molar-refractivity contribution in [2.24, 2.45) is 0 Å². The highest BCUT2D eigenvalue weighted by atomic mass is 35.5. The van der Waals surface area contributed by atoms with Gasteiger partial charge in [-0.25, -0.2) is 4.68 Å². The van der Waals surface area contributed by atoms with Gasteiger partial charge in [0, 0.05) is 23.6 Å². The van der Waals surface area contributed by atoms with Gasteiger partial charge in [-0.2, -0.15) is 18.3 Å². The molecule has 0 spiro atoms. The van der Waals surface area contributed by atoms with E-state index in [4.69, 9.17) is 9.47 Å². The first-order chi connectivity index (χ1) is 14.8. The zero-order valence-corrected chi connectivity index (χ0v) is 18.0. The third kappa shape index (κ3) is 4.38. The lowest BCUT2D eigenvalue weighted by molar-refractivity contribution is -0.173. The molecule has 0 amide bonds. The first-order valence-corrected chi connectivity index (χ1v) is 9.54. The number of nitrogens with one attached hydrogen (secondary N) is 1. The maximum Gasteiger partial charge on any atom is 0.410 e. The number of anilines is 1. The number of aromatic nitrogens is 2. The summed E-state index contributed by atoms with van der Waals surface area (Å²) >= 11 is 0. The Kier molecular flexibility index (Phi) is 6.68. The molecule has 0 saturated heterocycles. The van der Waals surface area contributed by atoms with Crippen molar-refractivity contribution in [1.29, 1.82) is 0 Å². The number of alkyl halides is 3. The van der Waals surface area contributed by atoms with Crippen molar-refractivity contribution < 1.29 is 27.4 Å². The van der Waals surface area contributed by atoms with E-state index in [1.54, 1.807) is 48.5 Å². The van der Waals surface area contributed by atoms with E-state index >= 15 is 0 Å². The molecule has 1 aliphatic heterocycles. The van der Waals surface area contributed by atoms with Crippen molar-refractivity contribution in [3.8, 4) is 22.8 Å². The summed E-state index contributed by atoms with van der Waals surface area (Å²) in [7, 11) is 2.97. The molecule has 0 fully saturated rings. The second-order valence-electron chi connectivity index (χ2n) is 7.21. The van der Waals surface area contributed by atoms with E-state index < -0.39 is 18.3 Å². The van der Waals surface area contributed by atoms with Gasteiger partial charge in [0.25, 0.3) is 0 Å². The normalized spacial score (nSPS) is 17.5. The minimum absolute atomic E-state index is 0. The number of hydrogen-bond donors (Lipinski definition) is 1. The van der Waals surface area contributed by atoms with Gasteiger partial charge in [-0.15, -0.1) is 12.4 Å². The number of fused-ring (bicyclic) bond motifs is 1. The summed E-state index contributed by atoms with van der Waals surface area (Å²) in [6.45, 7) is 0. The molecule has 0 radical (unpaired) electrons. The summed E-state index contributed by atoms with van der Waals surface area (Å²) < 4.78 is 53.3. The summed E-state index contributed by atoms with van der Waals surface area (Å²) in [5.74, 6) is 1.19. The number of aldehydes is 1. The minimum atomic E-state index is -4.49. The summed E-state index contributed by atoms with van der Waals surface area (Å²) in [6, 6.07) is 10.8. The van der Waals surface area contributed by atoms with Crippen molar-refractivity contribution in [2.75, 3.05) is 19.5 Å². The molecule has 1 N–H and O–H groups in total. The van der Waals surface area contributed by atoms with Crippen LogP contribution in [0, 0.1) is 0 Å². The molecule has 2 heterocycles. The Morgan fingerprint density at radius 2 is 1.84 bits per heavy atom. The van der Waals surface area contributed by atoms with Crippen molar-refractivity contribution >= 4 is 24.5 Å². The van der Waals surface area contributed by atoms with Crippen LogP contribution in [0.4, 0.5) is 19.0 Å². The van der Waals surface area contributed by atoms with Gasteiger partial charge in [-0.3, -0.25) is 4.79 Å². The van der Waals surface area contributed by atoms with Crippen LogP contribution in [0.25, 0.3) is 11.3 Å². The van der Waals surface area contributed by atoms with E-state index in [-0.39, 0.29) is 24.6 Å². The SMILES string of the molecule is COc1ccc(C2CC(C(F)(F)F)n3nc(-c4cccc(C=O)c4)cc3N2)cc1OC.Cl. The van der Waals surface area contributed by atoms with Crippen LogP contribution in [-0.4, -0.2) is 36.5 Å². The lowest BCUT2D eigenvalue weighted by Gasteiger charge is -2.33. The first-order valence-electron chi connectivity index (χ1n) is 9.54. The quantitative estimate of drug-likeness (QED) is 0.505. The molecule has 4 rings (SSSR count). The zero-order chi connectivity index (χ0) is 22.2. The Balaban J connectivity index is 0.00000289. The molecule has 0 bridgehead atoms. The smallest absolute Gasteiger partial charge is 0.410 e. The van der Waals surface area contributed by atoms with E-state index in [2.05, 4.69) is 10.4 Å². The highest BCUT2D eigenvalue weighted by Gasteiger charge is 2.46. The predicted molar refractivity (Wildman–Crippen MR) is 116 cm³/mol. The van der Waals surface area contributed by atoms with Gasteiger partial charge in [0.2, 0.25) is 0 Å². The van der Waals surface area contributed by atoms with Crippen LogP contribution >= 0.6 is 12.4 Å². The molecule has 170 valence electrons. The molecule has 1 aromatic heterocycles. The number of methoxy groups -OCH3 is 2. The standard InChI is InChI=1S/C22H20F3N3O3.ClH/c1-30-18-7-6-15(9-19(18)31-2)16-10-20(22(23,24)25)28-21(26-16)11-17(27-28)14-5-3-4-13(8-14)12-29;/h3-9,11-12,16,20,26H,10H2,1-2H3;1H. The molecular weight excluding hydrogens is 447 g/mol. The average Bonchev–Trinajstić information content (AvgIpc) is 3.21. The Morgan fingerprint density at radius 1 is 1.09 bits per heavy atom. The van der Waals surface area contributed by atoms with Gasteiger partial charge < -0.3 is 14.8 Å². The number of benzene rings is 2. The number of hydrogen-bond acceptors (Lipinski definition) is 5. The lowest BCUT2D eigenvalue weighted by Crippen LogP contribution is -2.35. The molecule has 2 atom stereocenters. The Bertz CT molecular complexity index is 1120. The molecule has 2 aromatic carbocycles. The topological polar surface area (TPSA) is 65.4 Å². The Morgan fingerprint density at radius 3 is 2.50 bits per heavy atom. The van der Waals surface area contributed by atoms with Crippen molar-refractivity contribution in [1.82, 2.24) is 9.78 Å². The van der Waals surface area contributed by atoms with Gasteiger partial charge in [-0.1, -0.05) is 24.3 Å². The largest absolute Gasteiger partial charge is 0.493 e. The lowest BCUT2D eigenvalue weighted by atomic mass is 9.96. The first kappa shape index (κ1) is 23.5. The monoisotopic (exact) mass is 467 g/mol. The maximum atomic E-state index is 13.9. The van der Waals surface area contributed by atoms with Crippen molar-refractivity contribution in [3.05, 3.63) is 59.7 Å². The van der Waals surface area contributed by atoms with Gasteiger partial charge in [-0.05, 0) is 23.8 Å². The highest BCUT2D eigenvalue weighted by molar-refractivity contribution is 5.85. The van der Waals surface area contributed by atoms with Crippen LogP contribution in [-0.2, 0) is 0 Å². The number of halogens is 4. The van der Waals surface area contributed by atoms with Gasteiger partial charge in [0.05, 0.1) is 26.0 Å². The van der Waals surface area contributed by atoms with Crippen LogP contribution in [0.2, 0.25) is 0 Å². The summed E-state index contributed by atoms with van der Waals surface area (Å²) in [4.78, 5) is 11.1. The summed E-state index contributed by atoms with van der Waals surface area (Å²) in [5.41, 5.74) is 1.99.